The maximum atomic E-state index is 12.9. The third kappa shape index (κ3) is 4.83. The van der Waals surface area contributed by atoms with Gasteiger partial charge in [-0.15, -0.1) is 0 Å². The van der Waals surface area contributed by atoms with Crippen molar-refractivity contribution in [3.63, 3.8) is 0 Å². The first-order chi connectivity index (χ1) is 10.2. The van der Waals surface area contributed by atoms with Gasteiger partial charge in [-0.05, 0) is 67.3 Å². The zero-order chi connectivity index (χ0) is 15.1. The number of benzene rings is 2. The molecule has 2 aromatic carbocycles. The summed E-state index contributed by atoms with van der Waals surface area (Å²) in [5.41, 5.74) is 6.82. The molecule has 0 fully saturated rings. The molecule has 0 spiro atoms. The summed E-state index contributed by atoms with van der Waals surface area (Å²) < 4.78 is 31.2. The molecule has 2 rings (SSSR count). The highest BCUT2D eigenvalue weighted by molar-refractivity contribution is 5.22. The molecule has 0 bridgehead atoms. The van der Waals surface area contributed by atoms with Crippen molar-refractivity contribution >= 4 is 0 Å². The molecule has 0 heterocycles. The fourth-order valence-electron chi connectivity index (χ4n) is 2.21. The van der Waals surface area contributed by atoms with Gasteiger partial charge in [-0.1, -0.05) is 12.1 Å². The van der Waals surface area contributed by atoms with Gasteiger partial charge in [-0.2, -0.15) is 0 Å². The van der Waals surface area contributed by atoms with Crippen molar-refractivity contribution in [2.45, 2.75) is 18.8 Å². The summed E-state index contributed by atoms with van der Waals surface area (Å²) in [6, 6.07) is 12.4. The van der Waals surface area contributed by atoms with Gasteiger partial charge in [0, 0.05) is 0 Å². The lowest BCUT2D eigenvalue weighted by atomic mass is 9.94. The highest BCUT2D eigenvalue weighted by atomic mass is 19.1. The Morgan fingerprint density at radius 1 is 0.905 bits per heavy atom. The van der Waals surface area contributed by atoms with E-state index in [-0.39, 0.29) is 17.6 Å². The molecule has 0 aliphatic carbocycles. The van der Waals surface area contributed by atoms with Crippen LogP contribution in [0.5, 0.6) is 5.75 Å². The lowest BCUT2D eigenvalue weighted by Gasteiger charge is -2.15. The molecule has 2 aromatic rings. The minimum Gasteiger partial charge on any atom is -0.494 e. The fraction of sp³-hybridized carbons (Fsp3) is 0.294. The SMILES string of the molecule is NCC(CCCOc1ccc(F)cc1)c1ccc(F)cc1. The summed E-state index contributed by atoms with van der Waals surface area (Å²) in [6.07, 6.45) is 1.69. The van der Waals surface area contributed by atoms with E-state index >= 15 is 0 Å². The number of hydrogen-bond donors (Lipinski definition) is 1. The van der Waals surface area contributed by atoms with Crippen LogP contribution < -0.4 is 10.5 Å². The van der Waals surface area contributed by atoms with Crippen LogP contribution in [0.4, 0.5) is 8.78 Å². The molecule has 0 aliphatic rings. The Kier molecular flexibility index (Phi) is 5.69. The second-order valence-corrected chi connectivity index (χ2v) is 4.93. The average Bonchev–Trinajstić information content (AvgIpc) is 2.50. The van der Waals surface area contributed by atoms with Crippen LogP contribution in [-0.4, -0.2) is 13.2 Å². The van der Waals surface area contributed by atoms with Crippen LogP contribution >= 0.6 is 0 Å². The van der Waals surface area contributed by atoms with E-state index in [4.69, 9.17) is 10.5 Å². The Labute approximate surface area is 123 Å². The number of nitrogens with two attached hydrogens (primary N) is 1. The van der Waals surface area contributed by atoms with Crippen molar-refractivity contribution in [2.24, 2.45) is 5.73 Å². The fourth-order valence-corrected chi connectivity index (χ4v) is 2.21. The molecule has 21 heavy (non-hydrogen) atoms. The van der Waals surface area contributed by atoms with E-state index < -0.39 is 0 Å². The second kappa shape index (κ2) is 7.74. The van der Waals surface area contributed by atoms with Crippen molar-refractivity contribution in [3.05, 3.63) is 65.7 Å². The zero-order valence-electron chi connectivity index (χ0n) is 11.8. The number of ether oxygens (including phenoxy) is 1. The van der Waals surface area contributed by atoms with E-state index in [1.807, 2.05) is 0 Å². The molecule has 112 valence electrons. The second-order valence-electron chi connectivity index (χ2n) is 4.93. The summed E-state index contributed by atoms with van der Waals surface area (Å²) in [4.78, 5) is 0. The van der Waals surface area contributed by atoms with Crippen LogP contribution in [0.1, 0.15) is 24.3 Å². The zero-order valence-corrected chi connectivity index (χ0v) is 11.8. The summed E-state index contributed by atoms with van der Waals surface area (Å²) in [6.45, 7) is 1.06. The van der Waals surface area contributed by atoms with E-state index in [0.717, 1.165) is 18.4 Å². The average molecular weight is 291 g/mol. The molecule has 0 saturated carbocycles. The Hall–Kier alpha value is -1.94. The van der Waals surface area contributed by atoms with E-state index in [1.165, 1.54) is 24.3 Å². The first kappa shape index (κ1) is 15.4. The summed E-state index contributed by atoms with van der Waals surface area (Å²) in [7, 11) is 0. The predicted molar refractivity (Wildman–Crippen MR) is 79.3 cm³/mol. The van der Waals surface area contributed by atoms with Crippen LogP contribution in [0.3, 0.4) is 0 Å². The van der Waals surface area contributed by atoms with E-state index in [9.17, 15) is 8.78 Å². The predicted octanol–water partition coefficient (Wildman–Crippen LogP) is 3.87. The summed E-state index contributed by atoms with van der Waals surface area (Å²) in [5.74, 6) is 0.334. The van der Waals surface area contributed by atoms with Crippen LogP contribution in [0.25, 0.3) is 0 Å². The summed E-state index contributed by atoms with van der Waals surface area (Å²) >= 11 is 0. The Balaban J connectivity index is 1.78. The molecular formula is C17H19F2NO. The number of rotatable bonds is 7. The normalized spacial score (nSPS) is 12.1. The van der Waals surface area contributed by atoms with E-state index in [0.29, 0.717) is 18.9 Å². The molecule has 0 saturated heterocycles. The van der Waals surface area contributed by atoms with Gasteiger partial charge < -0.3 is 10.5 Å². The lowest BCUT2D eigenvalue weighted by Crippen LogP contribution is -2.13. The molecule has 1 unspecified atom stereocenters. The van der Waals surface area contributed by atoms with Crippen LogP contribution in [0.15, 0.2) is 48.5 Å². The van der Waals surface area contributed by atoms with Crippen molar-refractivity contribution in [3.8, 4) is 5.75 Å². The van der Waals surface area contributed by atoms with Gasteiger partial charge in [0.15, 0.2) is 0 Å². The van der Waals surface area contributed by atoms with Crippen molar-refractivity contribution < 1.29 is 13.5 Å². The number of halogens is 2. The third-order valence-electron chi connectivity index (χ3n) is 3.41. The van der Waals surface area contributed by atoms with Crippen molar-refractivity contribution in [1.29, 1.82) is 0 Å². The minimum atomic E-state index is -0.276. The molecule has 2 N–H and O–H groups in total. The van der Waals surface area contributed by atoms with Gasteiger partial charge in [0.25, 0.3) is 0 Å². The smallest absolute Gasteiger partial charge is 0.123 e. The van der Waals surface area contributed by atoms with Crippen LogP contribution in [-0.2, 0) is 0 Å². The Morgan fingerprint density at radius 3 is 2.05 bits per heavy atom. The van der Waals surface area contributed by atoms with Gasteiger partial charge in [0.05, 0.1) is 6.61 Å². The van der Waals surface area contributed by atoms with Crippen molar-refractivity contribution in [2.75, 3.05) is 13.2 Å². The Bertz CT molecular complexity index is 540. The van der Waals surface area contributed by atoms with Crippen LogP contribution in [0, 0.1) is 11.6 Å². The molecule has 2 nitrogen and oxygen atoms in total. The number of hydrogen-bond acceptors (Lipinski definition) is 2. The van der Waals surface area contributed by atoms with E-state index in [1.54, 1.807) is 24.3 Å². The van der Waals surface area contributed by atoms with Gasteiger partial charge >= 0.3 is 0 Å². The van der Waals surface area contributed by atoms with Gasteiger partial charge in [-0.25, -0.2) is 8.78 Å². The van der Waals surface area contributed by atoms with E-state index in [2.05, 4.69) is 0 Å². The molecule has 4 heteroatoms. The highest BCUT2D eigenvalue weighted by Gasteiger charge is 2.09. The minimum absolute atomic E-state index is 0.197. The first-order valence-corrected chi connectivity index (χ1v) is 7.03. The molecule has 0 aliphatic heterocycles. The van der Waals surface area contributed by atoms with Crippen molar-refractivity contribution in [1.82, 2.24) is 0 Å². The topological polar surface area (TPSA) is 35.2 Å². The van der Waals surface area contributed by atoms with Gasteiger partial charge in [0.1, 0.15) is 17.4 Å². The maximum absolute atomic E-state index is 12.9. The maximum Gasteiger partial charge on any atom is 0.123 e. The highest BCUT2D eigenvalue weighted by Crippen LogP contribution is 2.21. The first-order valence-electron chi connectivity index (χ1n) is 7.03. The van der Waals surface area contributed by atoms with Crippen LogP contribution in [0.2, 0.25) is 0 Å². The van der Waals surface area contributed by atoms with Gasteiger partial charge in [0.2, 0.25) is 0 Å². The standard InChI is InChI=1S/C17H19F2NO/c18-15-5-3-13(4-6-15)14(12-20)2-1-11-21-17-9-7-16(19)8-10-17/h3-10,14H,1-2,11-12,20H2. The molecule has 0 radical (unpaired) electrons. The lowest BCUT2D eigenvalue weighted by molar-refractivity contribution is 0.301. The molecule has 1 atom stereocenters. The molecular weight excluding hydrogens is 272 g/mol. The Morgan fingerprint density at radius 2 is 1.48 bits per heavy atom. The quantitative estimate of drug-likeness (QED) is 0.786. The third-order valence-corrected chi connectivity index (χ3v) is 3.41. The monoisotopic (exact) mass is 291 g/mol. The summed E-state index contributed by atoms with van der Waals surface area (Å²) in [5, 5.41) is 0. The molecule has 0 aromatic heterocycles. The molecule has 0 amide bonds. The largest absolute Gasteiger partial charge is 0.494 e. The van der Waals surface area contributed by atoms with Gasteiger partial charge in [-0.3, -0.25) is 0 Å².